The molecule has 0 aliphatic carbocycles. The third kappa shape index (κ3) is 5.68. The molecule has 250 valence electrons. The number of rotatable bonds is 7. The Morgan fingerprint density at radius 3 is 1.83 bits per heavy atom. The average molecular weight is 651 g/mol. The Balaban J connectivity index is 0.000000172. The highest BCUT2D eigenvalue weighted by Gasteiger charge is 2.55. The van der Waals surface area contributed by atoms with Gasteiger partial charge in [-0.05, 0) is 19.4 Å². The number of nitrogens with zero attached hydrogens (tertiary/aromatic N) is 4. The standard InChI is InChI=1S/C19H22N4O4.C12H16N4O4/c1-19(26-9-11-5-3-2-4-6-11)16(25)13(8-24)27-17(19)12-7-21-15-14(12)22-10-23-18(15)20;1-12(19)9(18)6(3-17)20-10(12)5-2-14-8-7(5)15-4-16-11(8)13/h2-7,10,13,16-17,21,24-25H,8-9H2,1H3,(H2,20,22,23);2,4,6,9-10,14,17-19H,3H2,1H3,(H2,13,15,16)/t13?,16-,17+,19-;6?,9-,10+,12-/m11/s1. The minimum absolute atomic E-state index is 0.290. The molecule has 5 aromatic rings. The summed E-state index contributed by atoms with van der Waals surface area (Å²) in [4.78, 5) is 22.3. The van der Waals surface area contributed by atoms with E-state index in [1.807, 2.05) is 30.3 Å². The van der Waals surface area contributed by atoms with Gasteiger partial charge in [-0.2, -0.15) is 0 Å². The number of aromatic nitrogens is 6. The zero-order valence-corrected chi connectivity index (χ0v) is 25.7. The third-order valence-corrected chi connectivity index (χ3v) is 8.93. The van der Waals surface area contributed by atoms with E-state index in [1.54, 1.807) is 19.3 Å². The van der Waals surface area contributed by atoms with E-state index in [-0.39, 0.29) is 19.0 Å². The fraction of sp³-hybridized carbons (Fsp3) is 0.419. The molecule has 2 unspecified atom stereocenters. The number of aromatic amines is 2. The zero-order chi connectivity index (χ0) is 33.5. The highest BCUT2D eigenvalue weighted by atomic mass is 16.6. The highest BCUT2D eigenvalue weighted by molar-refractivity contribution is 5.88. The summed E-state index contributed by atoms with van der Waals surface area (Å²) in [7, 11) is 0. The normalized spacial score (nSPS) is 30.5. The molecule has 0 spiro atoms. The highest BCUT2D eigenvalue weighted by Crippen LogP contribution is 2.46. The molecule has 1 aromatic carbocycles. The second kappa shape index (κ2) is 12.7. The van der Waals surface area contributed by atoms with Crippen LogP contribution in [0.15, 0.2) is 55.4 Å². The maximum absolute atomic E-state index is 10.8. The van der Waals surface area contributed by atoms with E-state index >= 15 is 0 Å². The van der Waals surface area contributed by atoms with E-state index in [0.717, 1.165) is 5.56 Å². The first-order valence-electron chi connectivity index (χ1n) is 14.9. The van der Waals surface area contributed by atoms with Crippen molar-refractivity contribution >= 4 is 33.7 Å². The number of aliphatic hydroxyl groups excluding tert-OH is 4. The first kappa shape index (κ1) is 32.7. The van der Waals surface area contributed by atoms with Gasteiger partial charge in [-0.1, -0.05) is 30.3 Å². The SMILES string of the molecule is C[C@@]1(O)[C@H](O)C(CO)O[C@H]1c1c[nH]c2c(N)ncnc12.C[C@@]1(OCc2ccccc2)[C@H](O)C(CO)O[C@H]1c1c[nH]c2c(N)ncnc12. The van der Waals surface area contributed by atoms with Gasteiger partial charge < -0.3 is 61.2 Å². The van der Waals surface area contributed by atoms with Crippen LogP contribution in [0, 0.1) is 0 Å². The van der Waals surface area contributed by atoms with Crippen LogP contribution < -0.4 is 11.5 Å². The Bertz CT molecular complexity index is 1830. The van der Waals surface area contributed by atoms with Crippen LogP contribution in [-0.2, 0) is 20.8 Å². The van der Waals surface area contributed by atoms with Gasteiger partial charge in [0, 0.05) is 23.5 Å². The quantitative estimate of drug-likeness (QED) is 0.115. The van der Waals surface area contributed by atoms with Crippen molar-refractivity contribution in [3.05, 3.63) is 72.1 Å². The molecule has 2 fully saturated rings. The number of anilines is 2. The first-order valence-corrected chi connectivity index (χ1v) is 14.9. The van der Waals surface area contributed by atoms with Crippen molar-refractivity contribution in [1.29, 1.82) is 0 Å². The van der Waals surface area contributed by atoms with E-state index in [1.165, 1.54) is 19.6 Å². The summed E-state index contributed by atoms with van der Waals surface area (Å²) in [6.07, 6.45) is 0.762. The second-order valence-electron chi connectivity index (χ2n) is 12.0. The number of nitrogens with two attached hydrogens (primary N) is 2. The Kier molecular flexibility index (Phi) is 8.86. The lowest BCUT2D eigenvalue weighted by molar-refractivity contribution is -0.125. The Morgan fingerprint density at radius 2 is 1.30 bits per heavy atom. The monoisotopic (exact) mass is 650 g/mol. The largest absolute Gasteiger partial charge is 0.394 e. The second-order valence-corrected chi connectivity index (χ2v) is 12.0. The van der Waals surface area contributed by atoms with Crippen LogP contribution >= 0.6 is 0 Å². The van der Waals surface area contributed by atoms with E-state index in [4.69, 9.17) is 25.7 Å². The lowest BCUT2D eigenvalue weighted by Crippen LogP contribution is -2.45. The van der Waals surface area contributed by atoms with Gasteiger partial charge in [-0.15, -0.1) is 0 Å². The molecule has 8 atom stereocenters. The molecule has 4 aromatic heterocycles. The molecular formula is C31H38N8O8. The molecule has 7 rings (SSSR count). The molecule has 0 radical (unpaired) electrons. The molecular weight excluding hydrogens is 612 g/mol. The number of ether oxygens (including phenoxy) is 3. The Labute approximate surface area is 268 Å². The van der Waals surface area contributed by atoms with Crippen molar-refractivity contribution in [1.82, 2.24) is 29.9 Å². The summed E-state index contributed by atoms with van der Waals surface area (Å²) in [5.41, 5.74) is 13.5. The third-order valence-electron chi connectivity index (χ3n) is 8.93. The smallest absolute Gasteiger partial charge is 0.151 e. The van der Waals surface area contributed by atoms with Gasteiger partial charge in [0.05, 0.1) is 30.9 Å². The van der Waals surface area contributed by atoms with Gasteiger partial charge in [-0.25, -0.2) is 19.9 Å². The van der Waals surface area contributed by atoms with Crippen LogP contribution in [0.2, 0.25) is 0 Å². The maximum atomic E-state index is 10.8. The molecule has 2 aliphatic rings. The van der Waals surface area contributed by atoms with Gasteiger partial charge in [-0.3, -0.25) is 0 Å². The first-order chi connectivity index (χ1) is 22.5. The molecule has 0 amide bonds. The summed E-state index contributed by atoms with van der Waals surface area (Å²) >= 11 is 0. The van der Waals surface area contributed by atoms with Crippen molar-refractivity contribution in [3.8, 4) is 0 Å². The van der Waals surface area contributed by atoms with E-state index < -0.39 is 47.8 Å². The number of hydrogen-bond acceptors (Lipinski definition) is 14. The fourth-order valence-electron chi connectivity index (χ4n) is 6.21. The molecule has 16 heteroatoms. The van der Waals surface area contributed by atoms with Gasteiger partial charge in [0.25, 0.3) is 0 Å². The van der Waals surface area contributed by atoms with Crippen LogP contribution in [0.4, 0.5) is 11.6 Å². The van der Waals surface area contributed by atoms with Gasteiger partial charge in [0.1, 0.15) is 71.5 Å². The van der Waals surface area contributed by atoms with Crippen molar-refractivity contribution in [2.75, 3.05) is 24.7 Å². The van der Waals surface area contributed by atoms with Crippen molar-refractivity contribution in [3.63, 3.8) is 0 Å². The number of nitrogens with one attached hydrogen (secondary N) is 2. The molecule has 11 N–H and O–H groups in total. The fourth-order valence-corrected chi connectivity index (χ4v) is 6.21. The summed E-state index contributed by atoms with van der Waals surface area (Å²) < 4.78 is 17.7. The summed E-state index contributed by atoms with van der Waals surface area (Å²) in [5.74, 6) is 0.619. The molecule has 16 nitrogen and oxygen atoms in total. The Morgan fingerprint density at radius 1 is 0.787 bits per heavy atom. The minimum atomic E-state index is -1.54. The van der Waals surface area contributed by atoms with Gasteiger partial charge in [0.2, 0.25) is 0 Å². The maximum Gasteiger partial charge on any atom is 0.151 e. The number of nitrogen functional groups attached to an aromatic ring is 2. The van der Waals surface area contributed by atoms with Crippen molar-refractivity contribution in [2.45, 2.75) is 68.3 Å². The van der Waals surface area contributed by atoms with Crippen LogP contribution in [0.5, 0.6) is 0 Å². The number of hydrogen-bond donors (Lipinski definition) is 9. The van der Waals surface area contributed by atoms with Crippen LogP contribution in [0.25, 0.3) is 22.1 Å². The molecule has 2 aliphatic heterocycles. The number of aliphatic hydroxyl groups is 5. The van der Waals surface area contributed by atoms with Gasteiger partial charge in [0.15, 0.2) is 11.6 Å². The lowest BCUT2D eigenvalue weighted by Gasteiger charge is -2.32. The Hall–Kier alpha value is -4.26. The molecule has 0 bridgehead atoms. The van der Waals surface area contributed by atoms with Crippen molar-refractivity contribution < 1.29 is 39.7 Å². The number of benzene rings is 1. The zero-order valence-electron chi connectivity index (χ0n) is 25.7. The van der Waals surface area contributed by atoms with E-state index in [0.29, 0.717) is 45.6 Å². The minimum Gasteiger partial charge on any atom is -0.394 e. The molecule has 2 saturated heterocycles. The number of H-pyrrole nitrogens is 2. The average Bonchev–Trinajstić information content (AvgIpc) is 3.81. The van der Waals surface area contributed by atoms with Crippen LogP contribution in [-0.4, -0.2) is 104 Å². The lowest BCUT2D eigenvalue weighted by atomic mass is 9.89. The summed E-state index contributed by atoms with van der Waals surface area (Å²) in [5, 5.41) is 50.1. The predicted molar refractivity (Wildman–Crippen MR) is 168 cm³/mol. The summed E-state index contributed by atoms with van der Waals surface area (Å²) in [6, 6.07) is 9.68. The molecule has 0 saturated carbocycles. The van der Waals surface area contributed by atoms with Crippen LogP contribution in [0.3, 0.4) is 0 Å². The van der Waals surface area contributed by atoms with Crippen molar-refractivity contribution in [2.24, 2.45) is 0 Å². The number of fused-ring (bicyclic) bond motifs is 2. The topological polar surface area (TPSA) is 264 Å². The summed E-state index contributed by atoms with van der Waals surface area (Å²) in [6.45, 7) is 2.84. The predicted octanol–water partition coefficient (Wildman–Crippen LogP) is 0.393. The molecule has 47 heavy (non-hydrogen) atoms. The van der Waals surface area contributed by atoms with E-state index in [9.17, 15) is 25.5 Å². The van der Waals surface area contributed by atoms with Crippen LogP contribution in [0.1, 0.15) is 42.7 Å². The molecule has 6 heterocycles. The van der Waals surface area contributed by atoms with Gasteiger partial charge >= 0.3 is 0 Å². The van der Waals surface area contributed by atoms with E-state index in [2.05, 4.69) is 29.9 Å².